The highest BCUT2D eigenvalue weighted by molar-refractivity contribution is 7.15. The molecule has 0 amide bonds. The topological polar surface area (TPSA) is 48.2 Å². The highest BCUT2D eigenvalue weighted by atomic mass is 32.1. The predicted octanol–water partition coefficient (Wildman–Crippen LogP) is 2.19. The van der Waals surface area contributed by atoms with E-state index in [9.17, 15) is 0 Å². The maximum Gasteiger partial charge on any atom is 0.114 e. The van der Waals surface area contributed by atoms with Crippen LogP contribution in [0.4, 0.5) is 0 Å². The molecular weight excluding hydrogens is 220 g/mol. The number of hydrogen-bond donors (Lipinski definition) is 1. The fourth-order valence-corrected chi connectivity index (χ4v) is 2.93. The average Bonchev–Trinajstić information content (AvgIpc) is 2.90. The molecule has 4 nitrogen and oxygen atoms in total. The summed E-state index contributed by atoms with van der Waals surface area (Å²) in [5.41, 5.74) is 4.64. The Bertz CT molecular complexity index is 659. The Hall–Kier alpha value is -1.75. The Kier molecular flexibility index (Phi) is 1.85. The van der Waals surface area contributed by atoms with E-state index in [0.717, 1.165) is 11.4 Å². The zero-order valence-corrected chi connectivity index (χ0v) is 9.95. The summed E-state index contributed by atoms with van der Waals surface area (Å²) < 4.78 is 3.66. The molecule has 0 aromatic carbocycles. The van der Waals surface area contributed by atoms with Gasteiger partial charge in [0.05, 0.1) is 11.9 Å². The number of nitrogens with two attached hydrogens (primary N) is 1. The van der Waals surface area contributed by atoms with E-state index in [0.29, 0.717) is 0 Å². The third-order valence-electron chi connectivity index (χ3n) is 2.93. The molecule has 0 aliphatic rings. The largest absolute Gasteiger partial charge is 0.338 e. The summed E-state index contributed by atoms with van der Waals surface area (Å²) in [4.78, 5) is 5.59. The van der Waals surface area contributed by atoms with Crippen molar-refractivity contribution in [1.29, 1.82) is 0 Å². The molecule has 0 fully saturated rings. The lowest BCUT2D eigenvalue weighted by atomic mass is 10.1. The molecule has 0 bridgehead atoms. The van der Waals surface area contributed by atoms with Gasteiger partial charge in [0.15, 0.2) is 0 Å². The SMILES string of the molecule is Cc1c(C)c2sccn2c1-c1cn(N)cn1. The van der Waals surface area contributed by atoms with Gasteiger partial charge in [-0.1, -0.05) is 0 Å². The van der Waals surface area contributed by atoms with Gasteiger partial charge in [-0.15, -0.1) is 11.3 Å². The van der Waals surface area contributed by atoms with Crippen molar-refractivity contribution in [2.75, 3.05) is 5.84 Å². The molecule has 0 radical (unpaired) electrons. The van der Waals surface area contributed by atoms with Crippen LogP contribution in [0.2, 0.25) is 0 Å². The second-order valence-electron chi connectivity index (χ2n) is 3.88. The fraction of sp³-hybridized carbons (Fsp3) is 0.182. The first-order chi connectivity index (χ1) is 7.68. The second kappa shape index (κ2) is 3.12. The second-order valence-corrected chi connectivity index (χ2v) is 4.78. The van der Waals surface area contributed by atoms with Crippen molar-refractivity contribution in [1.82, 2.24) is 14.1 Å². The van der Waals surface area contributed by atoms with E-state index in [1.807, 2.05) is 6.20 Å². The normalized spacial score (nSPS) is 11.4. The molecule has 0 unspecified atom stereocenters. The number of nitrogen functional groups attached to an aromatic ring is 1. The van der Waals surface area contributed by atoms with E-state index in [2.05, 4.69) is 34.8 Å². The summed E-state index contributed by atoms with van der Waals surface area (Å²) in [6.07, 6.45) is 5.53. The Morgan fingerprint density at radius 3 is 2.81 bits per heavy atom. The van der Waals surface area contributed by atoms with E-state index in [-0.39, 0.29) is 0 Å². The Morgan fingerprint density at radius 1 is 1.31 bits per heavy atom. The summed E-state index contributed by atoms with van der Waals surface area (Å²) in [5.74, 6) is 5.64. The van der Waals surface area contributed by atoms with Crippen molar-refractivity contribution >= 4 is 16.2 Å². The van der Waals surface area contributed by atoms with Gasteiger partial charge in [0, 0.05) is 11.6 Å². The number of nitrogens with zero attached hydrogens (tertiary/aromatic N) is 3. The lowest BCUT2D eigenvalue weighted by Gasteiger charge is -1.97. The van der Waals surface area contributed by atoms with Gasteiger partial charge in [-0.2, -0.15) is 0 Å². The zero-order chi connectivity index (χ0) is 11.3. The van der Waals surface area contributed by atoms with Crippen LogP contribution in [0, 0.1) is 13.8 Å². The van der Waals surface area contributed by atoms with E-state index < -0.39 is 0 Å². The number of aromatic nitrogens is 3. The number of fused-ring (bicyclic) bond motifs is 1. The molecule has 0 spiro atoms. The average molecular weight is 232 g/mol. The summed E-state index contributed by atoms with van der Waals surface area (Å²) in [6.45, 7) is 4.27. The van der Waals surface area contributed by atoms with Crippen LogP contribution in [0.25, 0.3) is 16.2 Å². The molecule has 0 saturated carbocycles. The molecule has 2 N–H and O–H groups in total. The van der Waals surface area contributed by atoms with Crippen LogP contribution in [0.15, 0.2) is 24.1 Å². The third kappa shape index (κ3) is 1.12. The van der Waals surface area contributed by atoms with Gasteiger partial charge >= 0.3 is 0 Å². The molecule has 0 atom stereocenters. The van der Waals surface area contributed by atoms with Crippen molar-refractivity contribution in [2.24, 2.45) is 0 Å². The lowest BCUT2D eigenvalue weighted by Crippen LogP contribution is -2.02. The van der Waals surface area contributed by atoms with Crippen LogP contribution >= 0.6 is 11.3 Å². The molecule has 3 heterocycles. The zero-order valence-electron chi connectivity index (χ0n) is 9.14. The summed E-state index contributed by atoms with van der Waals surface area (Å²) in [7, 11) is 0. The molecular formula is C11H12N4S. The van der Waals surface area contributed by atoms with Gasteiger partial charge in [-0.25, -0.2) is 4.98 Å². The van der Waals surface area contributed by atoms with Crippen LogP contribution in [0.1, 0.15) is 11.1 Å². The molecule has 3 aromatic heterocycles. The molecule has 5 heteroatoms. The first-order valence-corrected chi connectivity index (χ1v) is 5.90. The minimum Gasteiger partial charge on any atom is -0.338 e. The molecule has 0 saturated heterocycles. The molecule has 0 aliphatic heterocycles. The summed E-state index contributed by atoms with van der Waals surface area (Å²) >= 11 is 1.75. The minimum absolute atomic E-state index is 0.918. The number of hydrogen-bond acceptors (Lipinski definition) is 3. The first-order valence-electron chi connectivity index (χ1n) is 5.02. The van der Waals surface area contributed by atoms with Gasteiger partial charge in [0.25, 0.3) is 0 Å². The Balaban J connectivity index is 2.38. The van der Waals surface area contributed by atoms with Crippen LogP contribution in [0.5, 0.6) is 0 Å². The van der Waals surface area contributed by atoms with Crippen molar-refractivity contribution in [3.8, 4) is 11.4 Å². The Morgan fingerprint density at radius 2 is 2.12 bits per heavy atom. The highest BCUT2D eigenvalue weighted by Gasteiger charge is 2.15. The summed E-state index contributed by atoms with van der Waals surface area (Å²) in [6, 6.07) is 0. The van der Waals surface area contributed by atoms with Gasteiger partial charge in [0.1, 0.15) is 16.9 Å². The monoisotopic (exact) mass is 232 g/mol. The standard InChI is InChI=1S/C11H12N4S/c1-7-8(2)11-15(3-4-16-11)10(7)9-5-14(12)6-13-9/h3-6H,12H2,1-2H3. The van der Waals surface area contributed by atoms with Gasteiger partial charge < -0.3 is 10.2 Å². The van der Waals surface area contributed by atoms with E-state index in [4.69, 9.17) is 5.84 Å². The van der Waals surface area contributed by atoms with E-state index in [1.54, 1.807) is 17.7 Å². The molecule has 16 heavy (non-hydrogen) atoms. The molecule has 0 aliphatic carbocycles. The van der Waals surface area contributed by atoms with Crippen molar-refractivity contribution < 1.29 is 0 Å². The molecule has 82 valence electrons. The van der Waals surface area contributed by atoms with Gasteiger partial charge in [-0.05, 0) is 25.0 Å². The van der Waals surface area contributed by atoms with E-state index >= 15 is 0 Å². The van der Waals surface area contributed by atoms with Crippen molar-refractivity contribution in [3.63, 3.8) is 0 Å². The quantitative estimate of drug-likeness (QED) is 0.654. The highest BCUT2D eigenvalue weighted by Crippen LogP contribution is 2.32. The minimum atomic E-state index is 0.918. The molecule has 3 rings (SSSR count). The van der Waals surface area contributed by atoms with Crippen LogP contribution in [0.3, 0.4) is 0 Å². The summed E-state index contributed by atoms with van der Waals surface area (Å²) in [5, 5.41) is 2.09. The van der Waals surface area contributed by atoms with Crippen LogP contribution < -0.4 is 5.84 Å². The van der Waals surface area contributed by atoms with Gasteiger partial charge in [-0.3, -0.25) is 4.68 Å². The third-order valence-corrected chi connectivity index (χ3v) is 3.92. The van der Waals surface area contributed by atoms with E-state index in [1.165, 1.54) is 20.6 Å². The van der Waals surface area contributed by atoms with Crippen molar-refractivity contribution in [2.45, 2.75) is 13.8 Å². The lowest BCUT2D eigenvalue weighted by molar-refractivity contribution is 1.00. The Labute approximate surface area is 96.9 Å². The fourth-order valence-electron chi connectivity index (χ4n) is 2.02. The van der Waals surface area contributed by atoms with Gasteiger partial charge in [0.2, 0.25) is 0 Å². The maximum atomic E-state index is 5.64. The van der Waals surface area contributed by atoms with Crippen LogP contribution in [-0.2, 0) is 0 Å². The van der Waals surface area contributed by atoms with Crippen LogP contribution in [-0.4, -0.2) is 14.1 Å². The predicted molar refractivity (Wildman–Crippen MR) is 66.1 cm³/mol. The maximum absolute atomic E-state index is 5.64. The number of aryl methyl sites for hydroxylation is 1. The number of thiazole rings is 1. The first kappa shape index (κ1) is 9.47. The van der Waals surface area contributed by atoms with Crippen molar-refractivity contribution in [3.05, 3.63) is 35.2 Å². The molecule has 3 aromatic rings. The number of rotatable bonds is 1. The smallest absolute Gasteiger partial charge is 0.114 e. The number of imidazole rings is 1.